The maximum atomic E-state index is 11.8. The van der Waals surface area contributed by atoms with Gasteiger partial charge in [0, 0.05) is 17.3 Å². The molecule has 0 saturated heterocycles. The molecule has 0 unspecified atom stereocenters. The fraction of sp³-hybridized carbons (Fsp3) is 0.235. The molecule has 0 spiro atoms. The minimum atomic E-state index is -0.224. The second kappa shape index (κ2) is 7.24. The van der Waals surface area contributed by atoms with Gasteiger partial charge in [-0.1, -0.05) is 17.7 Å². The van der Waals surface area contributed by atoms with E-state index >= 15 is 0 Å². The highest BCUT2D eigenvalue weighted by Crippen LogP contribution is 2.32. The maximum Gasteiger partial charge on any atom is 0.319 e. The molecule has 2 N–H and O–H groups in total. The van der Waals surface area contributed by atoms with Crippen LogP contribution in [0.25, 0.3) is 0 Å². The number of halogens is 1. The van der Waals surface area contributed by atoms with Crippen LogP contribution in [0.3, 0.4) is 0 Å². The van der Waals surface area contributed by atoms with Crippen molar-refractivity contribution in [2.75, 3.05) is 18.7 Å². The number of urea groups is 1. The number of amides is 2. The van der Waals surface area contributed by atoms with Crippen LogP contribution in [0.5, 0.6) is 11.5 Å². The van der Waals surface area contributed by atoms with Crippen molar-refractivity contribution in [1.82, 2.24) is 5.32 Å². The van der Waals surface area contributed by atoms with E-state index in [9.17, 15) is 4.79 Å². The Balaban J connectivity index is 1.39. The van der Waals surface area contributed by atoms with Crippen molar-refractivity contribution >= 4 is 23.3 Å². The first kappa shape index (κ1) is 15.5. The second-order valence-corrected chi connectivity index (χ2v) is 5.62. The lowest BCUT2D eigenvalue weighted by Crippen LogP contribution is -2.29. The zero-order valence-corrected chi connectivity index (χ0v) is 13.2. The van der Waals surface area contributed by atoms with E-state index < -0.39 is 0 Å². The van der Waals surface area contributed by atoms with Crippen molar-refractivity contribution in [3.63, 3.8) is 0 Å². The number of hydrogen-bond donors (Lipinski definition) is 2. The molecule has 6 heteroatoms. The molecule has 5 nitrogen and oxygen atoms in total. The normalized spacial score (nSPS) is 12.0. The number of carbonyl (C=O) groups is 1. The Morgan fingerprint density at radius 1 is 1.09 bits per heavy atom. The molecule has 1 heterocycles. The van der Waals surface area contributed by atoms with E-state index in [0.29, 0.717) is 17.3 Å². The number of ether oxygens (including phenoxy) is 2. The Bertz CT molecular complexity index is 689. The van der Waals surface area contributed by atoms with Crippen LogP contribution in [0, 0.1) is 0 Å². The summed E-state index contributed by atoms with van der Waals surface area (Å²) in [5.74, 6) is 1.57. The predicted molar refractivity (Wildman–Crippen MR) is 89.4 cm³/mol. The standard InChI is InChI=1S/C17H17ClN2O3/c18-13-4-6-14(7-5-13)20-17(21)19-9-1-2-12-3-8-15-16(10-12)23-11-22-15/h3-8,10H,1-2,9,11H2,(H2,19,20,21). The van der Waals surface area contributed by atoms with E-state index in [1.165, 1.54) is 0 Å². The number of rotatable bonds is 5. The van der Waals surface area contributed by atoms with Gasteiger partial charge in [0.2, 0.25) is 6.79 Å². The summed E-state index contributed by atoms with van der Waals surface area (Å²) in [6, 6.07) is 12.7. The van der Waals surface area contributed by atoms with E-state index in [0.717, 1.165) is 29.9 Å². The van der Waals surface area contributed by atoms with Gasteiger partial charge in [-0.25, -0.2) is 4.79 Å². The number of carbonyl (C=O) groups excluding carboxylic acids is 1. The number of nitrogens with one attached hydrogen (secondary N) is 2. The molecule has 2 amide bonds. The van der Waals surface area contributed by atoms with Crippen LogP contribution in [-0.2, 0) is 6.42 Å². The maximum absolute atomic E-state index is 11.8. The monoisotopic (exact) mass is 332 g/mol. The van der Waals surface area contributed by atoms with Gasteiger partial charge >= 0.3 is 6.03 Å². The molecule has 1 aliphatic rings. The number of hydrogen-bond acceptors (Lipinski definition) is 3. The third-order valence-corrected chi connectivity index (χ3v) is 3.72. The number of anilines is 1. The van der Waals surface area contributed by atoms with Gasteiger partial charge in [0.05, 0.1) is 0 Å². The largest absolute Gasteiger partial charge is 0.454 e. The summed E-state index contributed by atoms with van der Waals surface area (Å²) in [5, 5.41) is 6.22. The molecular weight excluding hydrogens is 316 g/mol. The van der Waals surface area contributed by atoms with Crippen molar-refractivity contribution < 1.29 is 14.3 Å². The van der Waals surface area contributed by atoms with Crippen LogP contribution >= 0.6 is 11.6 Å². The Morgan fingerprint density at radius 2 is 1.87 bits per heavy atom. The second-order valence-electron chi connectivity index (χ2n) is 5.18. The summed E-state index contributed by atoms with van der Waals surface area (Å²) in [6.07, 6.45) is 1.70. The smallest absolute Gasteiger partial charge is 0.319 e. The zero-order chi connectivity index (χ0) is 16.1. The van der Waals surface area contributed by atoms with Crippen molar-refractivity contribution in [3.8, 4) is 11.5 Å². The highest BCUT2D eigenvalue weighted by Gasteiger charge is 2.12. The minimum absolute atomic E-state index is 0.224. The van der Waals surface area contributed by atoms with Crippen LogP contribution in [0.1, 0.15) is 12.0 Å². The van der Waals surface area contributed by atoms with E-state index in [1.807, 2.05) is 18.2 Å². The number of aryl methyl sites for hydroxylation is 1. The fourth-order valence-electron chi connectivity index (χ4n) is 2.30. The van der Waals surface area contributed by atoms with Gasteiger partial charge in [-0.15, -0.1) is 0 Å². The van der Waals surface area contributed by atoms with E-state index in [2.05, 4.69) is 10.6 Å². The van der Waals surface area contributed by atoms with Gasteiger partial charge in [0.15, 0.2) is 11.5 Å². The quantitative estimate of drug-likeness (QED) is 0.818. The lowest BCUT2D eigenvalue weighted by atomic mass is 10.1. The van der Waals surface area contributed by atoms with Crippen LogP contribution in [-0.4, -0.2) is 19.4 Å². The zero-order valence-electron chi connectivity index (χ0n) is 12.5. The van der Waals surface area contributed by atoms with Gasteiger partial charge in [-0.05, 0) is 54.8 Å². The average molecular weight is 333 g/mol. The Labute approximate surface area is 139 Å². The molecule has 0 aromatic heterocycles. The minimum Gasteiger partial charge on any atom is -0.454 e. The average Bonchev–Trinajstić information content (AvgIpc) is 3.01. The number of benzene rings is 2. The fourth-order valence-corrected chi connectivity index (χ4v) is 2.43. The van der Waals surface area contributed by atoms with Gasteiger partial charge in [-0.3, -0.25) is 0 Å². The highest BCUT2D eigenvalue weighted by molar-refractivity contribution is 6.30. The molecule has 3 rings (SSSR count). The molecule has 0 radical (unpaired) electrons. The van der Waals surface area contributed by atoms with Gasteiger partial charge in [0.25, 0.3) is 0 Å². The molecule has 0 fully saturated rings. The lowest BCUT2D eigenvalue weighted by Gasteiger charge is -2.08. The molecule has 0 atom stereocenters. The third-order valence-electron chi connectivity index (χ3n) is 3.47. The van der Waals surface area contributed by atoms with E-state index in [-0.39, 0.29) is 12.8 Å². The molecule has 1 aliphatic heterocycles. The summed E-state index contributed by atoms with van der Waals surface area (Å²) in [7, 11) is 0. The van der Waals surface area contributed by atoms with Crippen LogP contribution in [0.4, 0.5) is 10.5 Å². The van der Waals surface area contributed by atoms with Crippen molar-refractivity contribution in [2.45, 2.75) is 12.8 Å². The summed E-state index contributed by atoms with van der Waals surface area (Å²) in [5.41, 5.74) is 1.87. The van der Waals surface area contributed by atoms with Crippen molar-refractivity contribution in [2.24, 2.45) is 0 Å². The lowest BCUT2D eigenvalue weighted by molar-refractivity contribution is 0.174. The van der Waals surface area contributed by atoms with Crippen molar-refractivity contribution in [1.29, 1.82) is 0 Å². The first-order chi connectivity index (χ1) is 11.2. The van der Waals surface area contributed by atoms with Crippen molar-refractivity contribution in [3.05, 3.63) is 53.1 Å². The first-order valence-corrected chi connectivity index (χ1v) is 7.77. The molecule has 2 aromatic rings. The third kappa shape index (κ3) is 4.29. The van der Waals surface area contributed by atoms with Gasteiger partial charge in [-0.2, -0.15) is 0 Å². The molecule has 0 aliphatic carbocycles. The molecular formula is C17H17ClN2O3. The van der Waals surface area contributed by atoms with Crippen LogP contribution < -0.4 is 20.1 Å². The Hall–Kier alpha value is -2.40. The molecule has 0 saturated carbocycles. The molecule has 23 heavy (non-hydrogen) atoms. The summed E-state index contributed by atoms with van der Waals surface area (Å²) in [4.78, 5) is 11.8. The Morgan fingerprint density at radius 3 is 2.70 bits per heavy atom. The predicted octanol–water partition coefficient (Wildman–Crippen LogP) is 3.82. The Kier molecular flexibility index (Phi) is 4.88. The molecule has 0 bridgehead atoms. The van der Waals surface area contributed by atoms with Crippen LogP contribution in [0.2, 0.25) is 5.02 Å². The topological polar surface area (TPSA) is 59.6 Å². The molecule has 2 aromatic carbocycles. The summed E-state index contributed by atoms with van der Waals surface area (Å²) in [6.45, 7) is 0.874. The van der Waals surface area contributed by atoms with Gasteiger partial charge in [0.1, 0.15) is 0 Å². The summed E-state index contributed by atoms with van der Waals surface area (Å²) < 4.78 is 10.6. The highest BCUT2D eigenvalue weighted by atomic mass is 35.5. The number of fused-ring (bicyclic) bond motifs is 1. The molecule has 120 valence electrons. The van der Waals surface area contributed by atoms with Gasteiger partial charge < -0.3 is 20.1 Å². The van der Waals surface area contributed by atoms with Crippen LogP contribution in [0.15, 0.2) is 42.5 Å². The first-order valence-electron chi connectivity index (χ1n) is 7.40. The summed E-state index contributed by atoms with van der Waals surface area (Å²) >= 11 is 5.80. The SMILES string of the molecule is O=C(NCCCc1ccc2c(c1)OCO2)Nc1ccc(Cl)cc1. The van der Waals surface area contributed by atoms with E-state index in [1.54, 1.807) is 24.3 Å². The van der Waals surface area contributed by atoms with E-state index in [4.69, 9.17) is 21.1 Å².